The molecular formula is C26H33N3OS. The number of rotatable bonds is 4. The van der Waals surface area contributed by atoms with Gasteiger partial charge in [-0.3, -0.25) is 9.69 Å². The number of amides is 1. The van der Waals surface area contributed by atoms with Crippen molar-refractivity contribution in [3.63, 3.8) is 0 Å². The van der Waals surface area contributed by atoms with Crippen molar-refractivity contribution in [3.8, 4) is 11.1 Å². The van der Waals surface area contributed by atoms with Crippen LogP contribution in [-0.4, -0.2) is 72.0 Å². The van der Waals surface area contributed by atoms with Gasteiger partial charge >= 0.3 is 0 Å². The van der Waals surface area contributed by atoms with Gasteiger partial charge in [-0.25, -0.2) is 0 Å². The van der Waals surface area contributed by atoms with E-state index in [2.05, 4.69) is 69.7 Å². The summed E-state index contributed by atoms with van der Waals surface area (Å²) in [4.78, 5) is 17.6. The van der Waals surface area contributed by atoms with E-state index in [1.807, 2.05) is 11.8 Å². The SMILES string of the molecule is O=C([C@@H]1C[C@H](N2CCC(c3ccccc3-c3ccccc3)CC2)CN1)N1CCSCC1. The van der Waals surface area contributed by atoms with E-state index in [9.17, 15) is 4.79 Å². The van der Waals surface area contributed by atoms with Crippen molar-refractivity contribution in [1.82, 2.24) is 15.1 Å². The van der Waals surface area contributed by atoms with Crippen molar-refractivity contribution < 1.29 is 4.79 Å². The first-order valence-corrected chi connectivity index (χ1v) is 12.9. The minimum Gasteiger partial charge on any atom is -0.340 e. The van der Waals surface area contributed by atoms with Gasteiger partial charge in [0.1, 0.15) is 0 Å². The molecule has 0 radical (unpaired) electrons. The largest absolute Gasteiger partial charge is 0.340 e. The van der Waals surface area contributed by atoms with Crippen LogP contribution in [0.3, 0.4) is 0 Å². The summed E-state index contributed by atoms with van der Waals surface area (Å²) in [5, 5.41) is 3.53. The Labute approximate surface area is 190 Å². The third kappa shape index (κ3) is 4.69. The van der Waals surface area contributed by atoms with Crippen LogP contribution in [0.25, 0.3) is 11.1 Å². The first-order chi connectivity index (χ1) is 15.3. The van der Waals surface area contributed by atoms with Gasteiger partial charge < -0.3 is 10.2 Å². The Kier molecular flexibility index (Phi) is 6.63. The fourth-order valence-electron chi connectivity index (χ4n) is 5.50. The number of likely N-dealkylation sites (tertiary alicyclic amines) is 1. The molecule has 0 aliphatic carbocycles. The van der Waals surface area contributed by atoms with Gasteiger partial charge in [-0.2, -0.15) is 11.8 Å². The van der Waals surface area contributed by atoms with Crippen LogP contribution in [0.2, 0.25) is 0 Å². The Balaban J connectivity index is 1.19. The summed E-state index contributed by atoms with van der Waals surface area (Å²) < 4.78 is 0. The van der Waals surface area contributed by atoms with Crippen LogP contribution in [0, 0.1) is 0 Å². The van der Waals surface area contributed by atoms with Crippen molar-refractivity contribution in [3.05, 3.63) is 60.2 Å². The summed E-state index contributed by atoms with van der Waals surface area (Å²) >= 11 is 1.96. The molecule has 0 unspecified atom stereocenters. The molecule has 0 aromatic heterocycles. The molecule has 5 rings (SSSR count). The maximum atomic E-state index is 12.9. The molecule has 3 fully saturated rings. The molecule has 1 amide bonds. The Morgan fingerprint density at radius 3 is 2.39 bits per heavy atom. The van der Waals surface area contributed by atoms with Gasteiger partial charge in [-0.15, -0.1) is 0 Å². The molecule has 2 aromatic carbocycles. The first-order valence-electron chi connectivity index (χ1n) is 11.8. The Hall–Kier alpha value is -1.82. The van der Waals surface area contributed by atoms with Crippen molar-refractivity contribution in [2.45, 2.75) is 37.3 Å². The zero-order valence-corrected chi connectivity index (χ0v) is 19.0. The van der Waals surface area contributed by atoms with E-state index >= 15 is 0 Å². The van der Waals surface area contributed by atoms with Gasteiger partial charge in [0, 0.05) is 37.2 Å². The lowest BCUT2D eigenvalue weighted by Gasteiger charge is -2.36. The molecule has 5 heteroatoms. The zero-order chi connectivity index (χ0) is 21.0. The number of carbonyl (C=O) groups excluding carboxylic acids is 1. The quantitative estimate of drug-likeness (QED) is 0.792. The monoisotopic (exact) mass is 435 g/mol. The van der Waals surface area contributed by atoms with Crippen molar-refractivity contribution in [1.29, 1.82) is 0 Å². The minimum atomic E-state index is 0.0182. The van der Waals surface area contributed by atoms with Crippen LogP contribution in [0.5, 0.6) is 0 Å². The molecule has 1 N–H and O–H groups in total. The Morgan fingerprint density at radius 2 is 1.61 bits per heavy atom. The van der Waals surface area contributed by atoms with Gasteiger partial charge in [0.2, 0.25) is 5.91 Å². The van der Waals surface area contributed by atoms with Crippen molar-refractivity contribution in [2.75, 3.05) is 44.2 Å². The number of carbonyl (C=O) groups is 1. The standard InChI is InChI=1S/C26H33N3OS/c30-26(29-14-16-31-17-15-29)25-18-22(19-27-25)28-12-10-21(11-13-28)24-9-5-4-8-23(24)20-6-2-1-3-7-20/h1-9,21-22,25,27H,10-19H2/t22-,25-/m0/s1. The van der Waals surface area contributed by atoms with Gasteiger partial charge in [-0.05, 0) is 55.0 Å². The zero-order valence-electron chi connectivity index (χ0n) is 18.2. The lowest BCUT2D eigenvalue weighted by atomic mass is 9.84. The van der Waals surface area contributed by atoms with Crippen LogP contribution < -0.4 is 5.32 Å². The molecule has 2 aromatic rings. The second kappa shape index (κ2) is 9.76. The number of piperidine rings is 1. The van der Waals surface area contributed by atoms with E-state index in [1.165, 1.54) is 29.5 Å². The van der Waals surface area contributed by atoms with E-state index in [0.29, 0.717) is 17.9 Å². The predicted molar refractivity (Wildman–Crippen MR) is 130 cm³/mol. The third-order valence-electron chi connectivity index (χ3n) is 7.26. The molecule has 0 bridgehead atoms. The molecule has 0 spiro atoms. The van der Waals surface area contributed by atoms with Crippen LogP contribution >= 0.6 is 11.8 Å². The fraction of sp³-hybridized carbons (Fsp3) is 0.500. The van der Waals surface area contributed by atoms with Gasteiger partial charge in [0.25, 0.3) is 0 Å². The summed E-state index contributed by atoms with van der Waals surface area (Å²) in [6.07, 6.45) is 3.36. The highest BCUT2D eigenvalue weighted by atomic mass is 32.2. The summed E-state index contributed by atoms with van der Waals surface area (Å²) in [7, 11) is 0. The molecule has 3 saturated heterocycles. The van der Waals surface area contributed by atoms with Crippen LogP contribution in [0.15, 0.2) is 54.6 Å². The van der Waals surface area contributed by atoms with Crippen molar-refractivity contribution >= 4 is 17.7 Å². The number of benzene rings is 2. The van der Waals surface area contributed by atoms with E-state index < -0.39 is 0 Å². The molecule has 164 valence electrons. The fourth-order valence-corrected chi connectivity index (χ4v) is 6.40. The molecular weight excluding hydrogens is 402 g/mol. The first kappa shape index (κ1) is 21.0. The average molecular weight is 436 g/mol. The van der Waals surface area contributed by atoms with Crippen LogP contribution in [0.4, 0.5) is 0 Å². The Morgan fingerprint density at radius 1 is 0.903 bits per heavy atom. The third-order valence-corrected chi connectivity index (χ3v) is 8.20. The smallest absolute Gasteiger partial charge is 0.239 e. The second-order valence-corrected chi connectivity index (χ2v) is 10.3. The van der Waals surface area contributed by atoms with Crippen LogP contribution in [0.1, 0.15) is 30.7 Å². The second-order valence-electron chi connectivity index (χ2n) is 9.05. The highest BCUT2D eigenvalue weighted by Crippen LogP contribution is 2.36. The average Bonchev–Trinajstić information content (AvgIpc) is 3.35. The lowest BCUT2D eigenvalue weighted by molar-refractivity contribution is -0.132. The normalized spacial score (nSPS) is 25.6. The highest BCUT2D eigenvalue weighted by Gasteiger charge is 2.36. The number of nitrogens with zero attached hydrogens (tertiary/aromatic N) is 2. The van der Waals surface area contributed by atoms with E-state index in [4.69, 9.17) is 0 Å². The predicted octanol–water partition coefficient (Wildman–Crippen LogP) is 3.84. The minimum absolute atomic E-state index is 0.0182. The summed E-state index contributed by atoms with van der Waals surface area (Å²) in [6, 6.07) is 20.2. The lowest BCUT2D eigenvalue weighted by Crippen LogP contribution is -2.47. The van der Waals surface area contributed by atoms with E-state index in [0.717, 1.165) is 50.7 Å². The molecule has 0 saturated carbocycles. The van der Waals surface area contributed by atoms with Gasteiger partial charge in [0.05, 0.1) is 6.04 Å². The summed E-state index contributed by atoms with van der Waals surface area (Å²) in [5.41, 5.74) is 4.20. The van der Waals surface area contributed by atoms with Crippen LogP contribution in [-0.2, 0) is 4.79 Å². The molecule has 2 atom stereocenters. The number of hydrogen-bond donors (Lipinski definition) is 1. The highest BCUT2D eigenvalue weighted by molar-refractivity contribution is 7.99. The summed E-state index contributed by atoms with van der Waals surface area (Å²) in [5.74, 6) is 3.11. The Bertz CT molecular complexity index is 875. The number of nitrogens with one attached hydrogen (secondary N) is 1. The number of hydrogen-bond acceptors (Lipinski definition) is 4. The molecule has 3 heterocycles. The van der Waals surface area contributed by atoms with Crippen molar-refractivity contribution in [2.24, 2.45) is 0 Å². The van der Waals surface area contributed by atoms with E-state index in [-0.39, 0.29) is 6.04 Å². The molecule has 31 heavy (non-hydrogen) atoms. The van der Waals surface area contributed by atoms with E-state index in [1.54, 1.807) is 0 Å². The topological polar surface area (TPSA) is 35.6 Å². The van der Waals surface area contributed by atoms with Gasteiger partial charge in [-0.1, -0.05) is 54.6 Å². The maximum absolute atomic E-state index is 12.9. The molecule has 3 aliphatic rings. The molecule has 3 aliphatic heterocycles. The number of thioether (sulfide) groups is 1. The molecule has 4 nitrogen and oxygen atoms in total. The van der Waals surface area contributed by atoms with Gasteiger partial charge in [0.15, 0.2) is 0 Å². The summed E-state index contributed by atoms with van der Waals surface area (Å²) in [6.45, 7) is 5.03. The maximum Gasteiger partial charge on any atom is 0.239 e.